The van der Waals surface area contributed by atoms with Crippen LogP contribution in [-0.4, -0.2) is 54.6 Å². The molecule has 1 aromatic carbocycles. The normalized spacial score (nSPS) is 15.2. The molecule has 10 heteroatoms. The van der Waals surface area contributed by atoms with E-state index in [0.29, 0.717) is 36.7 Å². The van der Waals surface area contributed by atoms with Gasteiger partial charge in [0.05, 0.1) is 33.4 Å². The average molecular weight is 444 g/mol. The largest absolute Gasteiger partial charge is 0.381 e. The average Bonchev–Trinajstić information content (AvgIpc) is 3.18. The molecule has 31 heavy (non-hydrogen) atoms. The van der Waals surface area contributed by atoms with Gasteiger partial charge < -0.3 is 15.4 Å². The van der Waals surface area contributed by atoms with Crippen molar-refractivity contribution < 1.29 is 17.9 Å². The number of benzene rings is 1. The molecule has 0 radical (unpaired) electrons. The molecular formula is C21H25N5O4S. The molecule has 0 unspecified atom stereocenters. The SMILES string of the molecule is CCn1ncc2c(NC3CCOCC3)c(C(=O)Nc3ccccc3S(C)(=O)=O)cnc21. The monoisotopic (exact) mass is 443 g/mol. The zero-order valence-electron chi connectivity index (χ0n) is 17.5. The Labute approximate surface area is 180 Å². The van der Waals surface area contributed by atoms with E-state index in [4.69, 9.17) is 4.74 Å². The number of amides is 1. The number of fused-ring (bicyclic) bond motifs is 1. The molecule has 2 aromatic heterocycles. The summed E-state index contributed by atoms with van der Waals surface area (Å²) >= 11 is 0. The van der Waals surface area contributed by atoms with Crippen molar-refractivity contribution >= 4 is 38.2 Å². The van der Waals surface area contributed by atoms with Crippen LogP contribution < -0.4 is 10.6 Å². The fourth-order valence-corrected chi connectivity index (χ4v) is 4.56. The number of aromatic nitrogens is 3. The standard InChI is InChI=1S/C21H25N5O4S/c1-3-26-20-15(13-23-26)19(24-14-8-10-30-11-9-14)16(12-22-20)21(27)25-17-6-4-5-7-18(17)31(2,28)29/h4-7,12-14H,3,8-11H2,1-2H3,(H,22,24)(H,25,27). The number of aryl methyl sites for hydroxylation is 1. The van der Waals surface area contributed by atoms with E-state index in [1.165, 1.54) is 12.3 Å². The summed E-state index contributed by atoms with van der Waals surface area (Å²) in [5.74, 6) is -0.440. The van der Waals surface area contributed by atoms with Crippen LogP contribution in [0.3, 0.4) is 0 Å². The van der Waals surface area contributed by atoms with E-state index in [9.17, 15) is 13.2 Å². The molecule has 0 bridgehead atoms. The van der Waals surface area contributed by atoms with Gasteiger partial charge in [-0.25, -0.2) is 18.1 Å². The summed E-state index contributed by atoms with van der Waals surface area (Å²) in [6, 6.07) is 6.49. The van der Waals surface area contributed by atoms with Gasteiger partial charge in [-0.1, -0.05) is 12.1 Å². The van der Waals surface area contributed by atoms with Crippen molar-refractivity contribution in [2.45, 2.75) is 37.2 Å². The minimum Gasteiger partial charge on any atom is -0.381 e. The van der Waals surface area contributed by atoms with Gasteiger partial charge in [0, 0.05) is 38.3 Å². The Morgan fingerprint density at radius 2 is 1.97 bits per heavy atom. The third kappa shape index (κ3) is 4.40. The number of pyridine rings is 1. The molecule has 1 amide bonds. The summed E-state index contributed by atoms with van der Waals surface area (Å²) in [5, 5.41) is 11.4. The van der Waals surface area contributed by atoms with Crippen LogP contribution in [0.15, 0.2) is 41.6 Å². The predicted molar refractivity (Wildman–Crippen MR) is 118 cm³/mol. The number of sulfone groups is 1. The highest BCUT2D eigenvalue weighted by molar-refractivity contribution is 7.90. The summed E-state index contributed by atoms with van der Waals surface area (Å²) < 4.78 is 31.4. The van der Waals surface area contributed by atoms with Gasteiger partial charge in [-0.05, 0) is 31.9 Å². The number of carbonyl (C=O) groups excluding carboxylic acids is 1. The Morgan fingerprint density at radius 3 is 2.68 bits per heavy atom. The van der Waals surface area contributed by atoms with Crippen molar-refractivity contribution in [1.29, 1.82) is 0 Å². The Hall–Kier alpha value is -2.98. The molecule has 2 N–H and O–H groups in total. The van der Waals surface area contributed by atoms with E-state index < -0.39 is 15.7 Å². The van der Waals surface area contributed by atoms with Crippen LogP contribution >= 0.6 is 0 Å². The fraction of sp³-hybridized carbons (Fsp3) is 0.381. The molecule has 0 saturated carbocycles. The van der Waals surface area contributed by atoms with Crippen LogP contribution in [-0.2, 0) is 21.1 Å². The van der Waals surface area contributed by atoms with Gasteiger partial charge in [-0.3, -0.25) is 4.79 Å². The minimum atomic E-state index is -3.50. The topological polar surface area (TPSA) is 115 Å². The Balaban J connectivity index is 1.74. The number of nitrogens with zero attached hydrogens (tertiary/aromatic N) is 3. The Morgan fingerprint density at radius 1 is 1.23 bits per heavy atom. The lowest BCUT2D eigenvalue weighted by Gasteiger charge is -2.25. The fourth-order valence-electron chi connectivity index (χ4n) is 3.71. The molecule has 1 aliphatic heterocycles. The van der Waals surface area contributed by atoms with Crippen LogP contribution in [0.1, 0.15) is 30.1 Å². The molecule has 164 valence electrons. The maximum absolute atomic E-state index is 13.2. The Bertz CT molecular complexity index is 1220. The third-order valence-electron chi connectivity index (χ3n) is 5.31. The highest BCUT2D eigenvalue weighted by Crippen LogP contribution is 2.30. The molecule has 0 atom stereocenters. The molecule has 1 saturated heterocycles. The lowest BCUT2D eigenvalue weighted by molar-refractivity contribution is 0.0904. The van der Waals surface area contributed by atoms with E-state index >= 15 is 0 Å². The van der Waals surface area contributed by atoms with Gasteiger partial charge in [-0.2, -0.15) is 5.10 Å². The Kier molecular flexibility index (Phi) is 5.92. The van der Waals surface area contributed by atoms with Crippen LogP contribution in [0, 0.1) is 0 Å². The second kappa shape index (κ2) is 8.64. The van der Waals surface area contributed by atoms with Gasteiger partial charge in [0.2, 0.25) is 0 Å². The molecule has 9 nitrogen and oxygen atoms in total. The summed E-state index contributed by atoms with van der Waals surface area (Å²) in [6.07, 6.45) is 5.97. The molecule has 3 heterocycles. The maximum Gasteiger partial charge on any atom is 0.259 e. The van der Waals surface area contributed by atoms with Gasteiger partial charge in [-0.15, -0.1) is 0 Å². The van der Waals surface area contributed by atoms with Crippen molar-refractivity contribution in [2.75, 3.05) is 30.1 Å². The number of ether oxygens (including phenoxy) is 1. The van der Waals surface area contributed by atoms with Gasteiger partial charge in [0.15, 0.2) is 15.5 Å². The summed E-state index contributed by atoms with van der Waals surface area (Å²) in [4.78, 5) is 17.8. The molecule has 0 spiro atoms. The first-order valence-corrected chi connectivity index (χ1v) is 12.1. The molecule has 4 rings (SSSR count). The van der Waals surface area contributed by atoms with Crippen molar-refractivity contribution in [2.24, 2.45) is 0 Å². The van der Waals surface area contributed by atoms with E-state index in [0.717, 1.165) is 24.5 Å². The smallest absolute Gasteiger partial charge is 0.259 e. The lowest BCUT2D eigenvalue weighted by Crippen LogP contribution is -2.29. The molecule has 1 aliphatic rings. The number of hydrogen-bond donors (Lipinski definition) is 2. The second-order valence-corrected chi connectivity index (χ2v) is 9.48. The zero-order chi connectivity index (χ0) is 22.0. The molecule has 1 fully saturated rings. The van der Waals surface area contributed by atoms with Crippen molar-refractivity contribution in [3.05, 3.63) is 42.2 Å². The first-order valence-electron chi connectivity index (χ1n) is 10.2. The van der Waals surface area contributed by atoms with Gasteiger partial charge in [0.25, 0.3) is 5.91 Å². The van der Waals surface area contributed by atoms with E-state index in [1.54, 1.807) is 29.1 Å². The number of rotatable bonds is 6. The summed E-state index contributed by atoms with van der Waals surface area (Å²) in [7, 11) is -3.50. The molecule has 3 aromatic rings. The van der Waals surface area contributed by atoms with Crippen molar-refractivity contribution in [3.8, 4) is 0 Å². The zero-order valence-corrected chi connectivity index (χ0v) is 18.3. The number of nitrogens with one attached hydrogen (secondary N) is 2. The quantitative estimate of drug-likeness (QED) is 0.602. The van der Waals surface area contributed by atoms with Crippen LogP contribution in [0.2, 0.25) is 0 Å². The molecular weight excluding hydrogens is 418 g/mol. The number of para-hydroxylation sites is 1. The number of hydrogen-bond acceptors (Lipinski definition) is 7. The van der Waals surface area contributed by atoms with Gasteiger partial charge >= 0.3 is 0 Å². The van der Waals surface area contributed by atoms with Crippen molar-refractivity contribution in [1.82, 2.24) is 14.8 Å². The molecule has 0 aliphatic carbocycles. The first kappa shape index (κ1) is 21.3. The van der Waals surface area contributed by atoms with E-state index in [1.807, 2.05) is 6.92 Å². The second-order valence-electron chi connectivity index (χ2n) is 7.50. The predicted octanol–water partition coefficient (Wildman–Crippen LogP) is 2.70. The minimum absolute atomic E-state index is 0.0649. The summed E-state index contributed by atoms with van der Waals surface area (Å²) in [5.41, 5.74) is 1.89. The van der Waals surface area contributed by atoms with Crippen LogP contribution in [0.5, 0.6) is 0 Å². The first-order chi connectivity index (χ1) is 14.9. The summed E-state index contributed by atoms with van der Waals surface area (Å²) in [6.45, 7) is 3.94. The highest BCUT2D eigenvalue weighted by atomic mass is 32.2. The highest BCUT2D eigenvalue weighted by Gasteiger charge is 2.23. The van der Waals surface area contributed by atoms with E-state index in [2.05, 4.69) is 20.7 Å². The van der Waals surface area contributed by atoms with Crippen molar-refractivity contribution in [3.63, 3.8) is 0 Å². The lowest BCUT2D eigenvalue weighted by atomic mass is 10.1. The van der Waals surface area contributed by atoms with Gasteiger partial charge in [0.1, 0.15) is 0 Å². The number of carbonyl (C=O) groups is 1. The maximum atomic E-state index is 13.2. The van der Waals surface area contributed by atoms with E-state index in [-0.39, 0.29) is 16.6 Å². The number of anilines is 2. The van der Waals surface area contributed by atoms with Crippen LogP contribution in [0.25, 0.3) is 11.0 Å². The van der Waals surface area contributed by atoms with Crippen LogP contribution in [0.4, 0.5) is 11.4 Å². The third-order valence-corrected chi connectivity index (χ3v) is 6.47.